The van der Waals surface area contributed by atoms with Gasteiger partial charge in [0.2, 0.25) is 0 Å². The van der Waals surface area contributed by atoms with Crippen LogP contribution >= 0.6 is 0 Å². The third-order valence-electron chi connectivity index (χ3n) is 3.20. The van der Waals surface area contributed by atoms with Gasteiger partial charge in [-0.1, -0.05) is 6.92 Å². The highest BCUT2D eigenvalue weighted by Gasteiger charge is 2.43. The van der Waals surface area contributed by atoms with E-state index in [1.165, 1.54) is 6.92 Å². The maximum absolute atomic E-state index is 11.1. The first-order chi connectivity index (χ1) is 8.31. The van der Waals surface area contributed by atoms with Gasteiger partial charge in [-0.05, 0) is 39.0 Å². The van der Waals surface area contributed by atoms with E-state index in [-0.39, 0.29) is 12.1 Å². The molecule has 2 atom stereocenters. The minimum Gasteiger partial charge on any atom is -0.466 e. The zero-order valence-corrected chi connectivity index (χ0v) is 11.5. The van der Waals surface area contributed by atoms with Crippen LogP contribution in [-0.4, -0.2) is 30.4 Å². The molecule has 0 radical (unpaired) electrons. The van der Waals surface area contributed by atoms with Gasteiger partial charge in [0.05, 0.1) is 6.61 Å². The molecule has 0 aliphatic carbocycles. The van der Waals surface area contributed by atoms with Gasteiger partial charge in [0.25, 0.3) is 0 Å². The Labute approximate surface area is 108 Å². The van der Waals surface area contributed by atoms with E-state index in [4.69, 9.17) is 14.2 Å². The summed E-state index contributed by atoms with van der Waals surface area (Å²) in [4.78, 5) is 21.7. The molecule has 0 aromatic carbocycles. The molecule has 1 heterocycles. The molecular formula is C13H22O5. The van der Waals surface area contributed by atoms with Crippen LogP contribution in [0.2, 0.25) is 0 Å². The lowest BCUT2D eigenvalue weighted by Crippen LogP contribution is -2.33. The lowest BCUT2D eigenvalue weighted by Gasteiger charge is -2.22. The van der Waals surface area contributed by atoms with Crippen molar-refractivity contribution in [3.8, 4) is 0 Å². The molecular weight excluding hydrogens is 236 g/mol. The number of ether oxygens (including phenoxy) is 3. The van der Waals surface area contributed by atoms with Gasteiger partial charge in [-0.3, -0.25) is 4.79 Å². The summed E-state index contributed by atoms with van der Waals surface area (Å²) in [6.45, 7) is 7.65. The Morgan fingerprint density at radius 1 is 1.44 bits per heavy atom. The largest absolute Gasteiger partial charge is 0.509 e. The lowest BCUT2D eigenvalue weighted by atomic mass is 9.93. The molecule has 1 rings (SSSR count). The quantitative estimate of drug-likeness (QED) is 0.685. The fourth-order valence-electron chi connectivity index (χ4n) is 1.95. The van der Waals surface area contributed by atoms with E-state index in [1.54, 1.807) is 0 Å². The Morgan fingerprint density at radius 2 is 2.11 bits per heavy atom. The highest BCUT2D eigenvalue weighted by molar-refractivity contribution is 5.65. The normalized spacial score (nSPS) is 23.1. The molecule has 0 bridgehead atoms. The van der Waals surface area contributed by atoms with Crippen LogP contribution in [0.1, 0.15) is 47.0 Å². The Bertz CT molecular complexity index is 311. The molecule has 0 N–H and O–H groups in total. The molecule has 18 heavy (non-hydrogen) atoms. The van der Waals surface area contributed by atoms with Crippen molar-refractivity contribution in [1.82, 2.24) is 0 Å². The number of esters is 1. The van der Waals surface area contributed by atoms with E-state index in [0.29, 0.717) is 12.5 Å². The van der Waals surface area contributed by atoms with Gasteiger partial charge < -0.3 is 14.2 Å². The minimum atomic E-state index is -0.586. The topological polar surface area (TPSA) is 61.8 Å². The van der Waals surface area contributed by atoms with Crippen LogP contribution in [0.15, 0.2) is 0 Å². The molecule has 104 valence electrons. The number of hydrogen-bond acceptors (Lipinski definition) is 5. The molecule has 5 heteroatoms. The zero-order valence-electron chi connectivity index (χ0n) is 11.5. The van der Waals surface area contributed by atoms with E-state index in [1.807, 2.05) is 13.8 Å². The summed E-state index contributed by atoms with van der Waals surface area (Å²) in [5.41, 5.74) is -0.549. The molecule has 0 aromatic heterocycles. The van der Waals surface area contributed by atoms with Crippen molar-refractivity contribution in [2.24, 2.45) is 5.92 Å². The van der Waals surface area contributed by atoms with Crippen LogP contribution in [0.5, 0.6) is 0 Å². The monoisotopic (exact) mass is 258 g/mol. The van der Waals surface area contributed by atoms with Crippen molar-refractivity contribution in [2.45, 2.75) is 58.7 Å². The first-order valence-electron chi connectivity index (χ1n) is 6.34. The van der Waals surface area contributed by atoms with E-state index >= 15 is 0 Å². The van der Waals surface area contributed by atoms with Gasteiger partial charge in [0.1, 0.15) is 11.7 Å². The molecule has 1 fully saturated rings. The van der Waals surface area contributed by atoms with Gasteiger partial charge in [0.15, 0.2) is 0 Å². The van der Waals surface area contributed by atoms with Crippen LogP contribution < -0.4 is 0 Å². The lowest BCUT2D eigenvalue weighted by molar-refractivity contribution is -0.141. The summed E-state index contributed by atoms with van der Waals surface area (Å²) in [5, 5.41) is 0. The summed E-state index contributed by atoms with van der Waals surface area (Å²) < 4.78 is 15.1. The summed E-state index contributed by atoms with van der Waals surface area (Å²) >= 11 is 0. The van der Waals surface area contributed by atoms with Crippen LogP contribution in [0.25, 0.3) is 0 Å². The number of carbonyl (C=O) groups is 2. The van der Waals surface area contributed by atoms with Crippen molar-refractivity contribution >= 4 is 12.1 Å². The standard InChI is InChI=1S/C13H22O5/c1-9(7-8-16-10(2)14)5-6-11-13(3,4)18-12(15)17-11/h9,11H,5-8H2,1-4H3/t9-,11+/m0/s1. The number of cyclic esters (lactones) is 2. The highest BCUT2D eigenvalue weighted by atomic mass is 16.8. The molecule has 0 amide bonds. The number of hydrogen-bond donors (Lipinski definition) is 0. The summed E-state index contributed by atoms with van der Waals surface area (Å²) in [7, 11) is 0. The maximum atomic E-state index is 11.1. The van der Waals surface area contributed by atoms with Crippen LogP contribution in [0.4, 0.5) is 4.79 Å². The summed E-state index contributed by atoms with van der Waals surface area (Å²) in [6.07, 6.45) is 1.71. The van der Waals surface area contributed by atoms with Gasteiger partial charge in [-0.2, -0.15) is 0 Å². The second-order valence-corrected chi connectivity index (χ2v) is 5.37. The fraction of sp³-hybridized carbons (Fsp3) is 0.846. The third kappa shape index (κ3) is 4.55. The van der Waals surface area contributed by atoms with Crippen molar-refractivity contribution in [2.75, 3.05) is 6.61 Å². The summed E-state index contributed by atoms with van der Waals surface area (Å²) in [5.74, 6) is 0.168. The van der Waals surface area contributed by atoms with Crippen molar-refractivity contribution in [3.05, 3.63) is 0 Å². The smallest absolute Gasteiger partial charge is 0.466 e. The molecule has 0 aromatic rings. The number of carbonyl (C=O) groups excluding carboxylic acids is 2. The molecule has 0 spiro atoms. The highest BCUT2D eigenvalue weighted by Crippen LogP contribution is 2.30. The zero-order chi connectivity index (χ0) is 13.8. The van der Waals surface area contributed by atoms with Crippen LogP contribution in [0.3, 0.4) is 0 Å². The average Bonchev–Trinajstić information content (AvgIpc) is 2.48. The van der Waals surface area contributed by atoms with E-state index in [2.05, 4.69) is 6.92 Å². The fourth-order valence-corrected chi connectivity index (χ4v) is 1.95. The van der Waals surface area contributed by atoms with E-state index in [9.17, 15) is 9.59 Å². The van der Waals surface area contributed by atoms with Crippen molar-refractivity contribution < 1.29 is 23.8 Å². The van der Waals surface area contributed by atoms with Gasteiger partial charge >= 0.3 is 12.1 Å². The van der Waals surface area contributed by atoms with Gasteiger partial charge in [-0.15, -0.1) is 0 Å². The van der Waals surface area contributed by atoms with E-state index in [0.717, 1.165) is 19.3 Å². The van der Waals surface area contributed by atoms with Gasteiger partial charge in [0, 0.05) is 6.92 Å². The molecule has 1 aliphatic rings. The Hall–Kier alpha value is -1.26. The Balaban J connectivity index is 2.24. The molecule has 0 saturated carbocycles. The second kappa shape index (κ2) is 6.07. The second-order valence-electron chi connectivity index (χ2n) is 5.37. The van der Waals surface area contributed by atoms with Crippen LogP contribution in [0, 0.1) is 5.92 Å². The van der Waals surface area contributed by atoms with E-state index < -0.39 is 11.8 Å². The molecule has 1 saturated heterocycles. The van der Waals surface area contributed by atoms with Gasteiger partial charge in [-0.25, -0.2) is 4.79 Å². The third-order valence-corrected chi connectivity index (χ3v) is 3.20. The minimum absolute atomic E-state index is 0.193. The predicted molar refractivity (Wildman–Crippen MR) is 65.1 cm³/mol. The first-order valence-corrected chi connectivity index (χ1v) is 6.34. The molecule has 1 aliphatic heterocycles. The van der Waals surface area contributed by atoms with Crippen molar-refractivity contribution in [3.63, 3.8) is 0 Å². The molecule has 5 nitrogen and oxygen atoms in total. The van der Waals surface area contributed by atoms with Crippen molar-refractivity contribution in [1.29, 1.82) is 0 Å². The predicted octanol–water partition coefficient (Wildman–Crippen LogP) is 2.67. The number of rotatable bonds is 6. The Morgan fingerprint density at radius 3 is 2.61 bits per heavy atom. The average molecular weight is 258 g/mol. The SMILES string of the molecule is CC(=O)OCC[C@@H](C)CC[C@H]1OC(=O)OC1(C)C. The van der Waals surface area contributed by atoms with Crippen LogP contribution in [-0.2, 0) is 19.0 Å². The maximum Gasteiger partial charge on any atom is 0.509 e. The Kier molecular flexibility index (Phi) is 4.99. The summed E-state index contributed by atoms with van der Waals surface area (Å²) in [6, 6.07) is 0. The first kappa shape index (κ1) is 14.8. The molecule has 0 unspecified atom stereocenters.